The van der Waals surface area contributed by atoms with Gasteiger partial charge in [-0.3, -0.25) is 0 Å². The SMILES string of the molecule is c1ccc(-c2nc(-c3ccccc3)nc(-c3cccc4c3-c3cc5sccc5cc3C43c4ccccc4Oc4ccccc43)n2)cc1. The summed E-state index contributed by atoms with van der Waals surface area (Å²) in [4.78, 5) is 15.3. The predicted molar refractivity (Wildman–Crippen MR) is 189 cm³/mol. The van der Waals surface area contributed by atoms with E-state index < -0.39 is 5.41 Å². The summed E-state index contributed by atoms with van der Waals surface area (Å²) in [5.41, 5.74) is 9.36. The van der Waals surface area contributed by atoms with Gasteiger partial charge in [0, 0.05) is 32.5 Å². The van der Waals surface area contributed by atoms with Gasteiger partial charge in [-0.25, -0.2) is 15.0 Å². The summed E-state index contributed by atoms with van der Waals surface area (Å²) < 4.78 is 7.83. The van der Waals surface area contributed by atoms with Crippen LogP contribution in [0.15, 0.2) is 151 Å². The molecule has 0 saturated heterocycles. The standard InChI is InChI=1S/C42H25N3OS/c1-3-12-26(13-4-1)39-43-40(27-14-5-2-6-15-27)45-41(44-39)29-16-11-19-33-38(29)30-25-37-28(22-23-47-37)24-34(30)42(33)31-17-7-9-20-35(31)46-36-21-10-8-18-32(36)42/h1-25H. The molecule has 2 aliphatic rings. The molecule has 0 N–H and O–H groups in total. The first-order valence-corrected chi connectivity index (χ1v) is 16.6. The number of benzene rings is 6. The van der Waals surface area contributed by atoms with Gasteiger partial charge >= 0.3 is 0 Å². The number of hydrogen-bond donors (Lipinski definition) is 0. The molecule has 0 atom stereocenters. The van der Waals surface area contributed by atoms with Crippen LogP contribution in [0.5, 0.6) is 11.5 Å². The van der Waals surface area contributed by atoms with Crippen molar-refractivity contribution in [3.63, 3.8) is 0 Å². The summed E-state index contributed by atoms with van der Waals surface area (Å²) in [6.45, 7) is 0. The molecule has 5 heteroatoms. The molecule has 0 amide bonds. The van der Waals surface area contributed by atoms with Crippen LogP contribution in [-0.4, -0.2) is 15.0 Å². The summed E-state index contributed by atoms with van der Waals surface area (Å²) >= 11 is 1.77. The normalized spacial score (nSPS) is 13.4. The second-order valence-electron chi connectivity index (χ2n) is 12.0. The molecule has 1 aliphatic carbocycles. The zero-order valence-corrected chi connectivity index (χ0v) is 25.9. The Labute approximate surface area is 275 Å². The number of nitrogens with zero attached hydrogens (tertiary/aromatic N) is 3. The number of aromatic nitrogens is 3. The highest BCUT2D eigenvalue weighted by Gasteiger charge is 2.52. The number of ether oxygens (including phenoxy) is 1. The van der Waals surface area contributed by atoms with E-state index in [0.29, 0.717) is 17.5 Å². The maximum atomic E-state index is 6.58. The number of para-hydroxylation sites is 2. The molecular weight excluding hydrogens is 595 g/mol. The lowest BCUT2D eigenvalue weighted by Crippen LogP contribution is -2.32. The summed E-state index contributed by atoms with van der Waals surface area (Å²) in [5, 5.41) is 3.41. The summed E-state index contributed by atoms with van der Waals surface area (Å²) in [5.74, 6) is 3.70. The van der Waals surface area contributed by atoms with Crippen molar-refractivity contribution in [2.45, 2.75) is 5.41 Å². The Balaban J connectivity index is 1.33. The second kappa shape index (κ2) is 10.0. The van der Waals surface area contributed by atoms with E-state index >= 15 is 0 Å². The van der Waals surface area contributed by atoms with E-state index in [9.17, 15) is 0 Å². The predicted octanol–water partition coefficient (Wildman–Crippen LogP) is 10.6. The van der Waals surface area contributed by atoms with Gasteiger partial charge in [-0.05, 0) is 63.4 Å². The lowest BCUT2D eigenvalue weighted by molar-refractivity contribution is 0.436. The van der Waals surface area contributed by atoms with Crippen molar-refractivity contribution < 1.29 is 4.74 Å². The molecule has 2 aromatic heterocycles. The molecule has 3 heterocycles. The highest BCUT2D eigenvalue weighted by molar-refractivity contribution is 7.17. The minimum atomic E-state index is -0.584. The van der Waals surface area contributed by atoms with Crippen LogP contribution in [0.1, 0.15) is 22.3 Å². The molecule has 4 nitrogen and oxygen atoms in total. The zero-order valence-electron chi connectivity index (χ0n) is 25.1. The molecule has 0 fully saturated rings. The Bertz CT molecular complexity index is 2400. The van der Waals surface area contributed by atoms with E-state index in [-0.39, 0.29) is 0 Å². The van der Waals surface area contributed by atoms with Gasteiger partial charge < -0.3 is 4.74 Å². The maximum absolute atomic E-state index is 6.58. The van der Waals surface area contributed by atoms with Crippen molar-refractivity contribution in [1.29, 1.82) is 0 Å². The Hall–Kier alpha value is -5.91. The molecular formula is C42H25N3OS. The highest BCUT2D eigenvalue weighted by Crippen LogP contribution is 2.63. The molecule has 0 radical (unpaired) electrons. The van der Waals surface area contributed by atoms with Gasteiger partial charge in [0.2, 0.25) is 0 Å². The molecule has 6 aromatic carbocycles. The van der Waals surface area contributed by atoms with Gasteiger partial charge in [0.15, 0.2) is 17.5 Å². The third kappa shape index (κ3) is 3.78. The van der Waals surface area contributed by atoms with E-state index in [1.165, 1.54) is 26.8 Å². The number of thiophene rings is 1. The molecule has 1 aliphatic heterocycles. The smallest absolute Gasteiger partial charge is 0.164 e. The molecule has 47 heavy (non-hydrogen) atoms. The van der Waals surface area contributed by atoms with E-state index in [1.807, 2.05) is 36.4 Å². The first-order chi connectivity index (χ1) is 23.3. The van der Waals surface area contributed by atoms with E-state index in [0.717, 1.165) is 44.9 Å². The molecule has 10 rings (SSSR count). The number of hydrogen-bond acceptors (Lipinski definition) is 5. The Morgan fingerprint density at radius 1 is 0.468 bits per heavy atom. The third-order valence-electron chi connectivity index (χ3n) is 9.48. The average molecular weight is 620 g/mol. The molecule has 1 spiro atoms. The fraction of sp³-hybridized carbons (Fsp3) is 0.0238. The van der Waals surface area contributed by atoms with Crippen molar-refractivity contribution in [2.75, 3.05) is 0 Å². The third-order valence-corrected chi connectivity index (χ3v) is 10.4. The molecule has 220 valence electrons. The second-order valence-corrected chi connectivity index (χ2v) is 12.9. The fourth-order valence-electron chi connectivity index (χ4n) is 7.52. The van der Waals surface area contributed by atoms with Gasteiger partial charge in [0.25, 0.3) is 0 Å². The van der Waals surface area contributed by atoms with Gasteiger partial charge in [0.05, 0.1) is 5.41 Å². The van der Waals surface area contributed by atoms with Gasteiger partial charge in [0.1, 0.15) is 11.5 Å². The van der Waals surface area contributed by atoms with Crippen LogP contribution in [0, 0.1) is 0 Å². The van der Waals surface area contributed by atoms with Crippen LogP contribution in [0.2, 0.25) is 0 Å². The van der Waals surface area contributed by atoms with E-state index in [2.05, 4.69) is 115 Å². The molecule has 0 unspecified atom stereocenters. The topological polar surface area (TPSA) is 47.9 Å². The molecule has 0 saturated carbocycles. The molecule has 0 bridgehead atoms. The van der Waals surface area contributed by atoms with E-state index in [4.69, 9.17) is 19.7 Å². The van der Waals surface area contributed by atoms with Crippen molar-refractivity contribution >= 4 is 21.4 Å². The fourth-order valence-corrected chi connectivity index (χ4v) is 8.33. The summed E-state index contributed by atoms with van der Waals surface area (Å²) in [7, 11) is 0. The van der Waals surface area contributed by atoms with Crippen LogP contribution in [-0.2, 0) is 5.41 Å². The Kier molecular flexibility index (Phi) is 5.63. The van der Waals surface area contributed by atoms with Crippen molar-refractivity contribution in [2.24, 2.45) is 0 Å². The number of rotatable bonds is 3. The minimum absolute atomic E-state index is 0.584. The first-order valence-electron chi connectivity index (χ1n) is 15.7. The van der Waals surface area contributed by atoms with Crippen LogP contribution >= 0.6 is 11.3 Å². The summed E-state index contributed by atoms with van der Waals surface area (Å²) in [6.07, 6.45) is 0. The lowest BCUT2D eigenvalue weighted by atomic mass is 9.66. The Morgan fingerprint density at radius 3 is 1.70 bits per heavy atom. The van der Waals surface area contributed by atoms with Crippen LogP contribution in [0.3, 0.4) is 0 Å². The lowest BCUT2D eigenvalue weighted by Gasteiger charge is -2.39. The number of fused-ring (bicyclic) bond motifs is 10. The van der Waals surface area contributed by atoms with Crippen LogP contribution in [0.4, 0.5) is 0 Å². The zero-order chi connectivity index (χ0) is 31.0. The van der Waals surface area contributed by atoms with Gasteiger partial charge in [-0.15, -0.1) is 11.3 Å². The Morgan fingerprint density at radius 2 is 1.04 bits per heavy atom. The quantitative estimate of drug-likeness (QED) is 0.197. The van der Waals surface area contributed by atoms with Crippen LogP contribution < -0.4 is 4.74 Å². The first kappa shape index (κ1) is 26.3. The van der Waals surface area contributed by atoms with E-state index in [1.54, 1.807) is 11.3 Å². The van der Waals surface area contributed by atoms with Crippen molar-refractivity contribution in [1.82, 2.24) is 15.0 Å². The summed E-state index contributed by atoms with van der Waals surface area (Å²) in [6, 6.07) is 50.8. The van der Waals surface area contributed by atoms with Gasteiger partial charge in [-0.2, -0.15) is 0 Å². The van der Waals surface area contributed by atoms with Crippen LogP contribution in [0.25, 0.3) is 55.4 Å². The van der Waals surface area contributed by atoms with Crippen molar-refractivity contribution in [3.8, 4) is 56.8 Å². The van der Waals surface area contributed by atoms with Crippen molar-refractivity contribution in [3.05, 3.63) is 173 Å². The average Bonchev–Trinajstić information content (AvgIpc) is 3.72. The van der Waals surface area contributed by atoms with Gasteiger partial charge in [-0.1, -0.05) is 115 Å². The monoisotopic (exact) mass is 619 g/mol. The maximum Gasteiger partial charge on any atom is 0.164 e. The largest absolute Gasteiger partial charge is 0.457 e. The minimum Gasteiger partial charge on any atom is -0.457 e. The molecule has 8 aromatic rings. The highest BCUT2D eigenvalue weighted by atomic mass is 32.1.